The van der Waals surface area contributed by atoms with Gasteiger partial charge in [0.05, 0.1) is 6.20 Å². The molecule has 0 bridgehead atoms. The zero-order valence-corrected chi connectivity index (χ0v) is 15.9. The molecule has 1 aliphatic heterocycles. The Balaban J connectivity index is 1.44. The maximum Gasteiger partial charge on any atom is 0.216 e. The summed E-state index contributed by atoms with van der Waals surface area (Å²) in [5.41, 5.74) is 2.58. The number of carbonyl (C=O) groups is 1. The highest BCUT2D eigenvalue weighted by Gasteiger charge is 2.19. The standard InChI is InChI=1S/C18H23ClN4OS/c1-14(24)20-7-6-15-2-4-16(5-3-15)13-22-8-10-23(11-9-22)18-21-12-17(19)25-18/h2-5,12H,6-11,13H2,1H3,(H,20,24). The number of rotatable bonds is 6. The van der Waals surface area contributed by atoms with Crippen molar-refractivity contribution in [2.75, 3.05) is 37.6 Å². The quantitative estimate of drug-likeness (QED) is 0.839. The van der Waals surface area contributed by atoms with Gasteiger partial charge in [-0.25, -0.2) is 4.98 Å². The minimum Gasteiger partial charge on any atom is -0.356 e. The molecule has 1 aromatic carbocycles. The number of thiazole rings is 1. The fourth-order valence-corrected chi connectivity index (χ4v) is 3.89. The Hall–Kier alpha value is -1.63. The number of benzene rings is 1. The van der Waals surface area contributed by atoms with Gasteiger partial charge in [-0.1, -0.05) is 47.2 Å². The van der Waals surface area contributed by atoms with Gasteiger partial charge in [0.15, 0.2) is 5.13 Å². The molecule has 25 heavy (non-hydrogen) atoms. The predicted molar refractivity (Wildman–Crippen MR) is 103 cm³/mol. The Kier molecular flexibility index (Phi) is 6.29. The second kappa shape index (κ2) is 8.65. The Morgan fingerprint density at radius 2 is 1.88 bits per heavy atom. The van der Waals surface area contributed by atoms with Crippen LogP contribution in [0.4, 0.5) is 5.13 Å². The van der Waals surface area contributed by atoms with Gasteiger partial charge in [0.25, 0.3) is 0 Å². The first-order chi connectivity index (χ1) is 12.1. The molecule has 1 fully saturated rings. The molecule has 1 aliphatic rings. The number of hydrogen-bond acceptors (Lipinski definition) is 5. The molecule has 1 aromatic heterocycles. The summed E-state index contributed by atoms with van der Waals surface area (Å²) in [7, 11) is 0. The SMILES string of the molecule is CC(=O)NCCc1ccc(CN2CCN(c3ncc(Cl)s3)CC2)cc1. The smallest absolute Gasteiger partial charge is 0.216 e. The van der Waals surface area contributed by atoms with E-state index in [0.29, 0.717) is 6.54 Å². The molecule has 2 aromatic rings. The molecule has 2 heterocycles. The fraction of sp³-hybridized carbons (Fsp3) is 0.444. The third kappa shape index (κ3) is 5.42. The Labute approximate surface area is 157 Å². The van der Waals surface area contributed by atoms with Gasteiger partial charge in [-0.2, -0.15) is 0 Å². The lowest BCUT2D eigenvalue weighted by Gasteiger charge is -2.34. The predicted octanol–water partition coefficient (Wildman–Crippen LogP) is 2.80. The second-order valence-electron chi connectivity index (χ2n) is 6.26. The first-order valence-electron chi connectivity index (χ1n) is 8.51. The highest BCUT2D eigenvalue weighted by atomic mass is 35.5. The highest BCUT2D eigenvalue weighted by molar-refractivity contribution is 7.19. The van der Waals surface area contributed by atoms with Crippen LogP contribution in [-0.2, 0) is 17.8 Å². The Morgan fingerprint density at radius 3 is 2.48 bits per heavy atom. The van der Waals surface area contributed by atoms with E-state index in [1.165, 1.54) is 11.1 Å². The van der Waals surface area contributed by atoms with Crippen LogP contribution in [0.15, 0.2) is 30.5 Å². The third-order valence-corrected chi connectivity index (χ3v) is 5.50. The van der Waals surface area contributed by atoms with Gasteiger partial charge in [-0.3, -0.25) is 9.69 Å². The zero-order valence-electron chi connectivity index (χ0n) is 14.4. The van der Waals surface area contributed by atoms with Crippen molar-refractivity contribution in [1.82, 2.24) is 15.2 Å². The van der Waals surface area contributed by atoms with Crippen LogP contribution in [0.2, 0.25) is 4.34 Å². The summed E-state index contributed by atoms with van der Waals surface area (Å²) in [6.07, 6.45) is 2.59. The van der Waals surface area contributed by atoms with Crippen LogP contribution in [0.5, 0.6) is 0 Å². The lowest BCUT2D eigenvalue weighted by Crippen LogP contribution is -2.45. The molecule has 1 N–H and O–H groups in total. The number of nitrogens with zero attached hydrogens (tertiary/aromatic N) is 3. The molecule has 1 amide bonds. The van der Waals surface area contributed by atoms with Crippen LogP contribution in [0.25, 0.3) is 0 Å². The number of carbonyl (C=O) groups excluding carboxylic acids is 1. The van der Waals surface area contributed by atoms with Gasteiger partial charge in [0.1, 0.15) is 4.34 Å². The average molecular weight is 379 g/mol. The molecule has 0 saturated carbocycles. The topological polar surface area (TPSA) is 48.5 Å². The van der Waals surface area contributed by atoms with E-state index < -0.39 is 0 Å². The van der Waals surface area contributed by atoms with E-state index in [1.807, 2.05) is 0 Å². The van der Waals surface area contributed by atoms with Crippen molar-refractivity contribution in [1.29, 1.82) is 0 Å². The van der Waals surface area contributed by atoms with Crippen LogP contribution in [-0.4, -0.2) is 48.5 Å². The number of piperazine rings is 1. The van der Waals surface area contributed by atoms with Crippen LogP contribution in [0.3, 0.4) is 0 Å². The Morgan fingerprint density at radius 1 is 1.20 bits per heavy atom. The summed E-state index contributed by atoms with van der Waals surface area (Å²) >= 11 is 7.52. The molecule has 1 saturated heterocycles. The second-order valence-corrected chi connectivity index (χ2v) is 7.90. The summed E-state index contributed by atoms with van der Waals surface area (Å²) < 4.78 is 0.746. The number of halogens is 1. The van der Waals surface area contributed by atoms with Crippen molar-refractivity contribution >= 4 is 34.0 Å². The van der Waals surface area contributed by atoms with E-state index in [0.717, 1.165) is 48.6 Å². The zero-order chi connectivity index (χ0) is 17.6. The monoisotopic (exact) mass is 378 g/mol. The van der Waals surface area contributed by atoms with Gasteiger partial charge >= 0.3 is 0 Å². The number of hydrogen-bond donors (Lipinski definition) is 1. The molecular formula is C18H23ClN4OS. The van der Waals surface area contributed by atoms with Crippen LogP contribution in [0.1, 0.15) is 18.1 Å². The number of anilines is 1. The summed E-state index contributed by atoms with van der Waals surface area (Å²) in [5, 5.41) is 3.85. The molecule has 0 aliphatic carbocycles. The van der Waals surface area contributed by atoms with Gasteiger partial charge in [0, 0.05) is 46.2 Å². The van der Waals surface area contributed by atoms with Crippen LogP contribution < -0.4 is 10.2 Å². The van der Waals surface area contributed by atoms with E-state index in [-0.39, 0.29) is 5.91 Å². The average Bonchev–Trinajstić information content (AvgIpc) is 3.03. The molecule has 0 unspecified atom stereocenters. The van der Waals surface area contributed by atoms with Crippen LogP contribution >= 0.6 is 22.9 Å². The molecule has 0 spiro atoms. The third-order valence-electron chi connectivity index (χ3n) is 4.32. The number of nitrogens with one attached hydrogen (secondary N) is 1. The number of amides is 1. The largest absolute Gasteiger partial charge is 0.356 e. The molecule has 0 radical (unpaired) electrons. The maximum atomic E-state index is 10.9. The normalized spacial score (nSPS) is 15.4. The first-order valence-corrected chi connectivity index (χ1v) is 9.70. The van der Waals surface area contributed by atoms with Crippen molar-refractivity contribution in [3.05, 3.63) is 45.9 Å². The highest BCUT2D eigenvalue weighted by Crippen LogP contribution is 2.27. The minimum absolute atomic E-state index is 0.0239. The van der Waals surface area contributed by atoms with Crippen molar-refractivity contribution < 1.29 is 4.79 Å². The molecular weight excluding hydrogens is 356 g/mol. The maximum absolute atomic E-state index is 10.9. The van der Waals surface area contributed by atoms with Crippen molar-refractivity contribution in [2.45, 2.75) is 19.9 Å². The van der Waals surface area contributed by atoms with Gasteiger partial charge in [-0.15, -0.1) is 0 Å². The van der Waals surface area contributed by atoms with E-state index >= 15 is 0 Å². The van der Waals surface area contributed by atoms with E-state index in [1.54, 1.807) is 24.5 Å². The van der Waals surface area contributed by atoms with Gasteiger partial charge in [0.2, 0.25) is 5.91 Å². The summed E-state index contributed by atoms with van der Waals surface area (Å²) in [6.45, 7) is 7.24. The van der Waals surface area contributed by atoms with Gasteiger partial charge < -0.3 is 10.2 Å². The summed E-state index contributed by atoms with van der Waals surface area (Å²) in [5.74, 6) is 0.0239. The summed E-state index contributed by atoms with van der Waals surface area (Å²) in [4.78, 5) is 20.0. The lowest BCUT2D eigenvalue weighted by molar-refractivity contribution is -0.118. The van der Waals surface area contributed by atoms with Crippen molar-refractivity contribution in [3.8, 4) is 0 Å². The molecule has 5 nitrogen and oxygen atoms in total. The molecule has 0 atom stereocenters. The number of aromatic nitrogens is 1. The lowest BCUT2D eigenvalue weighted by atomic mass is 10.1. The first kappa shape index (κ1) is 18.2. The molecule has 134 valence electrons. The van der Waals surface area contributed by atoms with E-state index in [4.69, 9.17) is 11.6 Å². The summed E-state index contributed by atoms with van der Waals surface area (Å²) in [6, 6.07) is 8.70. The van der Waals surface area contributed by atoms with Crippen LogP contribution in [0, 0.1) is 0 Å². The molecule has 3 rings (SSSR count). The fourth-order valence-electron chi connectivity index (χ4n) is 2.94. The van der Waals surface area contributed by atoms with Crippen molar-refractivity contribution in [3.63, 3.8) is 0 Å². The minimum atomic E-state index is 0.0239. The van der Waals surface area contributed by atoms with Gasteiger partial charge in [-0.05, 0) is 17.5 Å². The molecule has 7 heteroatoms. The van der Waals surface area contributed by atoms with E-state index in [9.17, 15) is 4.79 Å². The Bertz CT molecular complexity index is 695. The van der Waals surface area contributed by atoms with E-state index in [2.05, 4.69) is 44.4 Å². The van der Waals surface area contributed by atoms with Crippen molar-refractivity contribution in [2.24, 2.45) is 0 Å².